The van der Waals surface area contributed by atoms with Crippen LogP contribution in [0, 0.1) is 23.7 Å². The van der Waals surface area contributed by atoms with E-state index in [-0.39, 0.29) is 116 Å². The van der Waals surface area contributed by atoms with Crippen molar-refractivity contribution in [2.24, 2.45) is 28.7 Å². The summed E-state index contributed by atoms with van der Waals surface area (Å²) in [6.45, 7) is 17.2. The molecule has 7 N–H and O–H groups in total. The fourth-order valence-corrected chi connectivity index (χ4v) is 13.9. The molecule has 648 valence electrons. The number of methoxy groups -OCH3 is 2. The monoisotopic (exact) mass is 2390 g/mol. The Balaban J connectivity index is 0.000000423. The number of carbonyl (C=O) groups excluding carboxylic acids is 8. The summed E-state index contributed by atoms with van der Waals surface area (Å²) in [4.78, 5) is 139. The molecule has 4 saturated carbocycles. The Morgan fingerprint density at radius 1 is 0.556 bits per heavy atom. The predicted octanol–water partition coefficient (Wildman–Crippen LogP) is 14.0. The van der Waals surface area contributed by atoms with Gasteiger partial charge < -0.3 is 65.9 Å². The number of aromatic nitrogens is 5. The fraction of sp³-hybridized carbons (Fsp3) is 0.538. The van der Waals surface area contributed by atoms with E-state index in [4.69, 9.17) is 14.6 Å². The molecular formula is C78H110I6N15O13S5-. The summed E-state index contributed by atoms with van der Waals surface area (Å²) in [7, 11) is 2.59. The van der Waals surface area contributed by atoms with Gasteiger partial charge in [0.15, 0.2) is 6.04 Å². The number of aliphatic imine (C=N–C) groups is 1. The number of amides is 8. The van der Waals surface area contributed by atoms with Crippen LogP contribution in [0.5, 0.6) is 0 Å². The third kappa shape index (κ3) is 42.8. The number of halogens is 6. The molecule has 7 aromatic rings. The van der Waals surface area contributed by atoms with Gasteiger partial charge in [0.1, 0.15) is 24.7 Å². The zero-order valence-electron chi connectivity index (χ0n) is 66.4. The molecule has 0 radical (unpaired) electrons. The molecule has 4 aliphatic rings. The summed E-state index contributed by atoms with van der Waals surface area (Å²) in [5.74, 6) is -2.49. The number of nitrogens with zero attached hydrogens (tertiary/aromatic N) is 9. The molecule has 4 aliphatic carbocycles. The van der Waals surface area contributed by atoms with Gasteiger partial charge in [-0.2, -0.15) is 4.99 Å². The summed E-state index contributed by atoms with van der Waals surface area (Å²) in [5.41, 5.74) is 14.8. The summed E-state index contributed by atoms with van der Waals surface area (Å²) < 4.78 is 14.7. The van der Waals surface area contributed by atoms with Gasteiger partial charge in [0, 0.05) is 108 Å². The van der Waals surface area contributed by atoms with Crippen molar-refractivity contribution in [2.45, 2.75) is 233 Å². The minimum Gasteiger partial charge on any atom is -0.308 e. The van der Waals surface area contributed by atoms with E-state index in [0.29, 0.717) is 58.6 Å². The summed E-state index contributed by atoms with van der Waals surface area (Å²) in [5, 5.41) is 35.2. The van der Waals surface area contributed by atoms with Crippen LogP contribution >= 0.6 is 155 Å². The molecule has 0 spiro atoms. The number of aliphatic carboxylic acids is 1. The van der Waals surface area contributed by atoms with Crippen LogP contribution in [0.2, 0.25) is 0 Å². The number of hydrogen-bond donors (Lipinski definition) is 7. The number of thiazole rings is 5. The second-order valence-electron chi connectivity index (χ2n) is 28.6. The summed E-state index contributed by atoms with van der Waals surface area (Å²) in [6.07, 6.45) is 13.5. The second kappa shape index (κ2) is 59.9. The van der Waals surface area contributed by atoms with E-state index in [0.717, 1.165) is 84.2 Å². The Bertz CT molecular complexity index is 3950. The molecule has 0 bridgehead atoms. The van der Waals surface area contributed by atoms with Gasteiger partial charge in [-0.15, -0.1) is 80.7 Å². The summed E-state index contributed by atoms with van der Waals surface area (Å²) >= 11 is 17.1. The van der Waals surface area contributed by atoms with Gasteiger partial charge in [-0.3, -0.25) is 9.78 Å². The maximum absolute atomic E-state index is 13.9. The van der Waals surface area contributed by atoms with Crippen LogP contribution in [0.25, 0.3) is 0 Å². The normalized spacial score (nSPS) is 14.3. The zero-order chi connectivity index (χ0) is 84.2. The molecule has 2 aromatic carbocycles. The zero-order valence-corrected chi connectivity index (χ0v) is 83.6. The van der Waals surface area contributed by atoms with Crippen LogP contribution in [-0.2, 0) is 83.8 Å². The first kappa shape index (κ1) is 106. The number of alkyl carbamates (subject to hydrolysis) is 1. The van der Waals surface area contributed by atoms with Gasteiger partial charge in [0.05, 0.1) is 89.1 Å². The van der Waals surface area contributed by atoms with Crippen molar-refractivity contribution in [2.75, 3.05) is 14.2 Å². The number of ether oxygens (including phenoxy) is 3. The van der Waals surface area contributed by atoms with Crippen molar-refractivity contribution in [3.05, 3.63) is 155 Å². The van der Waals surface area contributed by atoms with Gasteiger partial charge in [0.2, 0.25) is 12.0 Å². The van der Waals surface area contributed by atoms with Gasteiger partial charge >= 0.3 is 92.6 Å². The molecule has 0 unspecified atom stereocenters. The Morgan fingerprint density at radius 2 is 0.949 bits per heavy atom. The molecule has 5 aromatic heterocycles. The minimum absolute atomic E-state index is 0. The SMILES string of the molecule is C.CC(C)[C@H](NC(=O)N(Cc1cscn1)C1CC1)C(=O)N[C@H](CC[C@H](Cc1ccccc1)NC(=O)OCc1cncs1)Cc1ccccc1.CC(C)[C@H](NC(=O)N(Cc1cscn1)C1CC1)C(=O)O.COC(=O)[C@@H](N=C=O)C(C)C.COC(=O)[C@@H](NC(=O)N(Cc1cscn1)C1CC1)C(C)C.I.II.I[I-]I.c1nc(CNC2CC2)cs1. The van der Waals surface area contributed by atoms with Crippen molar-refractivity contribution in [1.82, 2.24) is 71.5 Å². The van der Waals surface area contributed by atoms with E-state index >= 15 is 0 Å². The van der Waals surface area contributed by atoms with Crippen molar-refractivity contribution in [3.63, 3.8) is 0 Å². The number of benzene rings is 2. The number of rotatable bonds is 35. The third-order valence-corrected chi connectivity index (χ3v) is 21.2. The van der Waals surface area contributed by atoms with Crippen LogP contribution < -0.4 is 45.2 Å². The fourth-order valence-electron chi connectivity index (χ4n) is 11.2. The molecular weight excluding hydrogens is 2280 g/mol. The number of carboxylic acids is 1. The maximum atomic E-state index is 13.9. The smallest absolute Gasteiger partial charge is 0.0795 e. The van der Waals surface area contributed by atoms with Crippen molar-refractivity contribution in [1.29, 1.82) is 0 Å². The van der Waals surface area contributed by atoms with E-state index in [1.54, 1.807) is 82.0 Å². The molecule has 0 aliphatic heterocycles. The third-order valence-electron chi connectivity index (χ3n) is 17.9. The molecule has 4 fully saturated rings. The Hall–Kier alpha value is -4.73. The molecule has 0 saturated heterocycles. The Morgan fingerprint density at radius 3 is 1.28 bits per heavy atom. The largest absolute Gasteiger partial charge is 0.308 e. The first-order valence-electron chi connectivity index (χ1n) is 37.4. The first-order chi connectivity index (χ1) is 55.3. The van der Waals surface area contributed by atoms with Crippen LogP contribution in [0.4, 0.5) is 19.2 Å². The van der Waals surface area contributed by atoms with E-state index < -0.39 is 48.2 Å². The van der Waals surface area contributed by atoms with Crippen molar-refractivity contribution in [3.8, 4) is 0 Å². The van der Waals surface area contributed by atoms with Crippen molar-refractivity contribution >= 4 is 209 Å². The van der Waals surface area contributed by atoms with Gasteiger partial charge in [-0.25, -0.2) is 58.3 Å². The van der Waals surface area contributed by atoms with E-state index in [9.17, 15) is 43.2 Å². The molecule has 11 rings (SSSR count). The van der Waals surface area contributed by atoms with Crippen LogP contribution in [0.15, 0.2) is 121 Å². The minimum atomic E-state index is -1.00. The predicted molar refractivity (Wildman–Crippen MR) is 503 cm³/mol. The van der Waals surface area contributed by atoms with Crippen LogP contribution in [0.1, 0.15) is 166 Å². The molecule has 5 heterocycles. The molecule has 117 heavy (non-hydrogen) atoms. The molecule has 28 nitrogen and oxygen atoms in total. The number of carboxylic acid groups (broad SMARTS) is 1. The van der Waals surface area contributed by atoms with Gasteiger partial charge in [0.25, 0.3) is 0 Å². The number of esters is 2. The van der Waals surface area contributed by atoms with Crippen LogP contribution in [-0.4, -0.2) is 173 Å². The Kier molecular flexibility index (Phi) is 54.5. The number of nitrogens with one attached hydrogen (secondary N) is 6. The van der Waals surface area contributed by atoms with Crippen molar-refractivity contribution < 1.29 is 75.7 Å². The van der Waals surface area contributed by atoms with Crippen LogP contribution in [0.3, 0.4) is 0 Å². The second-order valence-corrected chi connectivity index (χ2v) is 48.7. The molecule has 39 heteroatoms. The number of hydrogen-bond acceptors (Lipinski definition) is 24. The number of carbonyl (C=O) groups is 8. The number of urea groups is 3. The van der Waals surface area contributed by atoms with E-state index in [1.165, 1.54) is 84.2 Å². The topological polar surface area (TPSA) is 360 Å². The molecule has 8 amide bonds. The first-order valence-corrected chi connectivity index (χ1v) is 60.9. The van der Waals surface area contributed by atoms with Gasteiger partial charge in [-0.1, -0.05) is 123 Å². The molecule has 6 atom stereocenters. The standard InChI is InChI=1S/C36H44N6O4S2.C14H21N3O3S.C13H19N3O3S.C7H10N2S.C7H11NO3.CH4.I3.I2.HI/c1-25(2)33(41-35(44)42(31-15-16-31)20-30-22-47-24-38-30)34(43)39-28(17-26-9-5-3-6-10-26)13-14-29(18-27-11-7-4-8-12-27)40-36(45)46-21-32-19-37-23-48-32;1-9(2)12(13(18)20-3)16-14(19)17(11-4-5-11)6-10-7-21-8-15-10;1-8(2)11(12(17)18)15-13(19)16(10-3-4-10)5-9-6-20-7-14-9;1-2-6(1)8-3-7-4-10-5-9-7;1-5(2)6(8-4-9)7(10)11-3;;1-3-2;1-2;/h3-12,19,22-25,28-29,31,33H,13-18,20-21H2,1-2H3,(H,39,43)(H,40,45)(H,41,44);7-9,11-12H,4-6H2,1-3H3,(H,16,19);6-8,10-11H,3-5H2,1-2H3,(H,15,19)(H,17,18);4-6,8H,1-3H2;5-6H,1-3H3;1H4;;;1H/q;;;;;;-1;;/t28-,29-,33+;12-;11-;;6-;;;;/m100.0..../s1. The van der Waals surface area contributed by atoms with E-state index in [1.807, 2.05) is 110 Å². The van der Waals surface area contributed by atoms with E-state index in [2.05, 4.69) is 146 Å². The summed E-state index contributed by atoms with van der Waals surface area (Å²) in [6, 6.07) is 17.3. The maximum Gasteiger partial charge on any atom is 0.0795 e. The number of isocyanates is 1. The quantitative estimate of drug-likeness (QED) is 0.00638. The average Bonchev–Trinajstić information content (AvgIpc) is 1.62. The van der Waals surface area contributed by atoms with Gasteiger partial charge in [-0.05, 0) is 112 Å². The Labute approximate surface area is 777 Å². The average molecular weight is 2390 g/mol.